The SMILES string of the molecule is Cc1ccccc1-c1nnc(NC(N)=NCCO)s1.Cl. The van der Waals surface area contributed by atoms with Crippen molar-refractivity contribution in [2.24, 2.45) is 10.7 Å². The number of nitrogens with two attached hydrogens (primary N) is 1. The van der Waals surface area contributed by atoms with Gasteiger partial charge in [-0.15, -0.1) is 22.6 Å². The molecule has 1 heterocycles. The molecule has 20 heavy (non-hydrogen) atoms. The fourth-order valence-electron chi connectivity index (χ4n) is 1.51. The zero-order chi connectivity index (χ0) is 13.7. The number of hydrogen-bond acceptors (Lipinski definition) is 5. The van der Waals surface area contributed by atoms with E-state index in [4.69, 9.17) is 10.8 Å². The molecule has 0 aliphatic heterocycles. The van der Waals surface area contributed by atoms with Crippen LogP contribution in [0.2, 0.25) is 0 Å². The molecule has 0 unspecified atom stereocenters. The normalized spacial score (nSPS) is 11.0. The summed E-state index contributed by atoms with van der Waals surface area (Å²) in [6.07, 6.45) is 0. The highest BCUT2D eigenvalue weighted by molar-refractivity contribution is 7.18. The van der Waals surface area contributed by atoms with Gasteiger partial charge in [-0.05, 0) is 12.5 Å². The first-order valence-corrected chi connectivity index (χ1v) is 6.59. The van der Waals surface area contributed by atoms with E-state index in [1.54, 1.807) is 0 Å². The number of benzene rings is 1. The minimum Gasteiger partial charge on any atom is -0.394 e. The van der Waals surface area contributed by atoms with Crippen LogP contribution in [0.5, 0.6) is 0 Å². The summed E-state index contributed by atoms with van der Waals surface area (Å²) < 4.78 is 0. The van der Waals surface area contributed by atoms with Gasteiger partial charge in [-0.25, -0.2) is 0 Å². The van der Waals surface area contributed by atoms with Gasteiger partial charge in [-0.1, -0.05) is 35.6 Å². The molecule has 0 spiro atoms. The second kappa shape index (κ2) is 7.78. The molecular weight excluding hydrogens is 298 g/mol. The number of halogens is 1. The van der Waals surface area contributed by atoms with Crippen molar-refractivity contribution in [2.75, 3.05) is 18.5 Å². The molecule has 1 aromatic heterocycles. The van der Waals surface area contributed by atoms with E-state index in [0.29, 0.717) is 5.13 Å². The van der Waals surface area contributed by atoms with Crippen molar-refractivity contribution in [3.8, 4) is 10.6 Å². The molecule has 6 nitrogen and oxygen atoms in total. The summed E-state index contributed by atoms with van der Waals surface area (Å²) in [7, 11) is 0. The zero-order valence-corrected chi connectivity index (χ0v) is 12.5. The molecule has 8 heteroatoms. The van der Waals surface area contributed by atoms with E-state index in [9.17, 15) is 0 Å². The van der Waals surface area contributed by atoms with Gasteiger partial charge in [0.2, 0.25) is 5.13 Å². The number of aliphatic hydroxyl groups excluding tert-OH is 1. The van der Waals surface area contributed by atoms with Gasteiger partial charge in [0.1, 0.15) is 5.01 Å². The highest BCUT2D eigenvalue weighted by atomic mass is 35.5. The second-order valence-corrected chi connectivity index (χ2v) is 4.82. The quantitative estimate of drug-likeness (QED) is 0.589. The predicted octanol–water partition coefficient (Wildman–Crippen LogP) is 1.65. The second-order valence-electron chi connectivity index (χ2n) is 3.84. The highest BCUT2D eigenvalue weighted by Gasteiger charge is 2.08. The third-order valence-electron chi connectivity index (χ3n) is 2.42. The number of aliphatic imine (C=N–C) groups is 1. The Labute approximate surface area is 127 Å². The number of anilines is 1. The van der Waals surface area contributed by atoms with Crippen LogP contribution in [0.3, 0.4) is 0 Å². The minimum atomic E-state index is -0.0348. The Morgan fingerprint density at radius 2 is 2.15 bits per heavy atom. The van der Waals surface area contributed by atoms with E-state index in [0.717, 1.165) is 16.1 Å². The Bertz CT molecular complexity index is 587. The fraction of sp³-hybridized carbons (Fsp3) is 0.250. The molecule has 0 radical (unpaired) electrons. The number of aliphatic hydroxyl groups is 1. The monoisotopic (exact) mass is 313 g/mol. The summed E-state index contributed by atoms with van der Waals surface area (Å²) in [6, 6.07) is 7.98. The molecule has 0 aliphatic carbocycles. The van der Waals surface area contributed by atoms with E-state index in [1.165, 1.54) is 11.3 Å². The van der Waals surface area contributed by atoms with Gasteiger partial charge in [-0.3, -0.25) is 4.99 Å². The zero-order valence-electron chi connectivity index (χ0n) is 10.9. The molecule has 0 saturated heterocycles. The maximum Gasteiger partial charge on any atom is 0.212 e. The van der Waals surface area contributed by atoms with Crippen LogP contribution in [-0.2, 0) is 0 Å². The summed E-state index contributed by atoms with van der Waals surface area (Å²) in [5.41, 5.74) is 7.84. The van der Waals surface area contributed by atoms with Gasteiger partial charge in [-0.2, -0.15) is 0 Å². The van der Waals surface area contributed by atoms with Crippen LogP contribution in [-0.4, -0.2) is 34.4 Å². The van der Waals surface area contributed by atoms with Gasteiger partial charge in [0, 0.05) is 5.56 Å². The first-order chi connectivity index (χ1) is 9.20. The van der Waals surface area contributed by atoms with Crippen molar-refractivity contribution in [3.63, 3.8) is 0 Å². The first kappa shape index (κ1) is 16.4. The Morgan fingerprint density at radius 3 is 2.85 bits per heavy atom. The van der Waals surface area contributed by atoms with Crippen molar-refractivity contribution < 1.29 is 5.11 Å². The van der Waals surface area contributed by atoms with Crippen LogP contribution in [0, 0.1) is 6.92 Å². The van der Waals surface area contributed by atoms with Crippen LogP contribution in [0.15, 0.2) is 29.3 Å². The Hall–Kier alpha value is -1.70. The first-order valence-electron chi connectivity index (χ1n) is 5.78. The average molecular weight is 314 g/mol. The molecule has 0 atom stereocenters. The molecular formula is C12H16ClN5OS. The minimum absolute atomic E-state index is 0. The lowest BCUT2D eigenvalue weighted by Gasteiger charge is -2.00. The fourth-order valence-corrected chi connectivity index (χ4v) is 2.36. The van der Waals surface area contributed by atoms with Gasteiger partial charge in [0.25, 0.3) is 0 Å². The molecule has 4 N–H and O–H groups in total. The molecule has 0 fully saturated rings. The molecule has 0 saturated carbocycles. The largest absolute Gasteiger partial charge is 0.394 e. The number of nitrogens with one attached hydrogen (secondary N) is 1. The third-order valence-corrected chi connectivity index (χ3v) is 3.29. The van der Waals surface area contributed by atoms with E-state index < -0.39 is 0 Å². The Balaban J connectivity index is 0.00000200. The molecule has 108 valence electrons. The Morgan fingerprint density at radius 1 is 1.40 bits per heavy atom. The molecule has 2 aromatic rings. The Kier molecular flexibility index (Phi) is 6.37. The summed E-state index contributed by atoms with van der Waals surface area (Å²) in [6.45, 7) is 2.26. The van der Waals surface area contributed by atoms with Crippen LogP contribution < -0.4 is 11.1 Å². The maximum atomic E-state index is 8.65. The molecule has 0 aliphatic rings. The van der Waals surface area contributed by atoms with Crippen molar-refractivity contribution in [2.45, 2.75) is 6.92 Å². The number of hydrogen-bond donors (Lipinski definition) is 3. The number of nitrogens with zero attached hydrogens (tertiary/aromatic N) is 3. The standard InChI is InChI=1S/C12H15N5OS.ClH/c1-8-4-2-3-5-9(8)10-16-17-12(19-10)15-11(13)14-6-7-18;/h2-5,18H,6-7H2,1H3,(H3,13,14,15,17);1H. The van der Waals surface area contributed by atoms with Gasteiger partial charge < -0.3 is 16.2 Å². The lowest BCUT2D eigenvalue weighted by atomic mass is 10.1. The van der Waals surface area contributed by atoms with Gasteiger partial charge in [0.05, 0.1) is 13.2 Å². The number of rotatable bonds is 4. The third kappa shape index (κ3) is 4.16. The number of aryl methyl sites for hydroxylation is 1. The van der Waals surface area contributed by atoms with E-state index >= 15 is 0 Å². The average Bonchev–Trinajstić information content (AvgIpc) is 2.85. The molecule has 0 bridgehead atoms. The number of aromatic nitrogens is 2. The lowest BCUT2D eigenvalue weighted by molar-refractivity contribution is 0.307. The number of guanidine groups is 1. The summed E-state index contributed by atoms with van der Waals surface area (Å²) >= 11 is 1.41. The van der Waals surface area contributed by atoms with Crippen molar-refractivity contribution in [3.05, 3.63) is 29.8 Å². The lowest BCUT2D eigenvalue weighted by Crippen LogP contribution is -2.23. The molecule has 1 aromatic carbocycles. The summed E-state index contributed by atoms with van der Waals surface area (Å²) in [4.78, 5) is 3.91. The van der Waals surface area contributed by atoms with Crippen LogP contribution >= 0.6 is 23.7 Å². The maximum absolute atomic E-state index is 8.65. The molecule has 2 rings (SSSR count). The van der Waals surface area contributed by atoms with Gasteiger partial charge in [0.15, 0.2) is 5.96 Å². The van der Waals surface area contributed by atoms with Crippen LogP contribution in [0.4, 0.5) is 5.13 Å². The van der Waals surface area contributed by atoms with Crippen molar-refractivity contribution in [1.82, 2.24) is 10.2 Å². The van der Waals surface area contributed by atoms with E-state index in [-0.39, 0.29) is 31.5 Å². The van der Waals surface area contributed by atoms with Crippen molar-refractivity contribution >= 4 is 34.8 Å². The smallest absolute Gasteiger partial charge is 0.212 e. The van der Waals surface area contributed by atoms with E-state index in [2.05, 4.69) is 20.5 Å². The summed E-state index contributed by atoms with van der Waals surface area (Å²) in [5.74, 6) is 0.224. The van der Waals surface area contributed by atoms with E-state index in [1.807, 2.05) is 31.2 Å². The highest BCUT2D eigenvalue weighted by Crippen LogP contribution is 2.28. The molecule has 0 amide bonds. The predicted molar refractivity (Wildman–Crippen MR) is 84.5 cm³/mol. The topological polar surface area (TPSA) is 96.4 Å². The van der Waals surface area contributed by atoms with Crippen LogP contribution in [0.1, 0.15) is 5.56 Å². The summed E-state index contributed by atoms with van der Waals surface area (Å²) in [5, 5.41) is 21.0. The van der Waals surface area contributed by atoms with Crippen molar-refractivity contribution in [1.29, 1.82) is 0 Å². The van der Waals surface area contributed by atoms with Gasteiger partial charge >= 0.3 is 0 Å². The van der Waals surface area contributed by atoms with Crippen LogP contribution in [0.25, 0.3) is 10.6 Å².